The predicted molar refractivity (Wildman–Crippen MR) is 80.4 cm³/mol. The molecule has 114 valence electrons. The zero-order valence-corrected chi connectivity index (χ0v) is 12.0. The molecule has 1 aromatic rings. The van der Waals surface area contributed by atoms with Gasteiger partial charge in [-0.25, -0.2) is 4.79 Å². The van der Waals surface area contributed by atoms with Gasteiger partial charge in [0, 0.05) is 37.0 Å². The molecule has 0 bridgehead atoms. The van der Waals surface area contributed by atoms with Crippen LogP contribution in [0, 0.1) is 10.1 Å². The number of nitrogens with zero attached hydrogens (tertiary/aromatic N) is 2. The average molecular weight is 292 g/mol. The van der Waals surface area contributed by atoms with Crippen molar-refractivity contribution in [3.8, 4) is 0 Å². The largest absolute Gasteiger partial charge is 0.323 e. The van der Waals surface area contributed by atoms with Crippen molar-refractivity contribution in [2.24, 2.45) is 0 Å². The van der Waals surface area contributed by atoms with E-state index < -0.39 is 4.92 Å². The van der Waals surface area contributed by atoms with Gasteiger partial charge in [-0.2, -0.15) is 0 Å². The highest BCUT2D eigenvalue weighted by Crippen LogP contribution is 2.17. The quantitative estimate of drug-likeness (QED) is 0.643. The van der Waals surface area contributed by atoms with E-state index in [-0.39, 0.29) is 11.7 Å². The molecule has 0 aliphatic carbocycles. The smallest absolute Gasteiger partial charge is 0.321 e. The Labute approximate surface area is 123 Å². The lowest BCUT2D eigenvalue weighted by Gasteiger charge is -2.24. The first-order valence-corrected chi connectivity index (χ1v) is 7.14. The van der Waals surface area contributed by atoms with Gasteiger partial charge in [0.15, 0.2) is 0 Å². The highest BCUT2D eigenvalue weighted by Gasteiger charge is 2.20. The number of nitrogens with one attached hydrogen (secondary N) is 2. The molecule has 1 saturated heterocycles. The Hall–Kier alpha value is -2.15. The van der Waals surface area contributed by atoms with Crippen LogP contribution in [0.4, 0.5) is 16.2 Å². The lowest BCUT2D eigenvalue weighted by atomic mass is 10.2. The molecule has 7 heteroatoms. The Bertz CT molecular complexity index is 515. The molecule has 7 nitrogen and oxygen atoms in total. The van der Waals surface area contributed by atoms with E-state index in [4.69, 9.17) is 0 Å². The number of carbonyl (C=O) groups is 1. The zero-order chi connectivity index (χ0) is 15.2. The van der Waals surface area contributed by atoms with Gasteiger partial charge >= 0.3 is 6.03 Å². The summed E-state index contributed by atoms with van der Waals surface area (Å²) in [4.78, 5) is 24.2. The Morgan fingerprint density at radius 1 is 1.57 bits per heavy atom. The minimum absolute atomic E-state index is 0.0340. The molecule has 1 heterocycles. The molecule has 1 atom stereocenters. The highest BCUT2D eigenvalue weighted by atomic mass is 16.6. The number of urea groups is 1. The van der Waals surface area contributed by atoms with E-state index in [1.54, 1.807) is 17.0 Å². The van der Waals surface area contributed by atoms with Crippen LogP contribution in [0.15, 0.2) is 24.3 Å². The van der Waals surface area contributed by atoms with Gasteiger partial charge in [-0.1, -0.05) is 6.07 Å². The number of amides is 2. The molecule has 2 amide bonds. The number of hydrogen-bond acceptors (Lipinski definition) is 4. The predicted octanol–water partition coefficient (Wildman–Crippen LogP) is 2.20. The summed E-state index contributed by atoms with van der Waals surface area (Å²) in [6, 6.07) is 6.07. The monoisotopic (exact) mass is 292 g/mol. The summed E-state index contributed by atoms with van der Waals surface area (Å²) < 4.78 is 0. The van der Waals surface area contributed by atoms with Gasteiger partial charge in [0.2, 0.25) is 0 Å². The van der Waals surface area contributed by atoms with E-state index in [1.807, 2.05) is 6.92 Å². The Kier molecular flexibility index (Phi) is 5.10. The number of rotatable bonds is 5. The van der Waals surface area contributed by atoms with Crippen molar-refractivity contribution in [2.45, 2.75) is 25.8 Å². The first kappa shape index (κ1) is 15.2. The second-order valence-corrected chi connectivity index (χ2v) is 5.07. The van der Waals surface area contributed by atoms with Gasteiger partial charge in [0.05, 0.1) is 4.92 Å². The maximum Gasteiger partial charge on any atom is 0.321 e. The van der Waals surface area contributed by atoms with E-state index in [0.717, 1.165) is 19.4 Å². The molecule has 1 aliphatic heterocycles. The zero-order valence-electron chi connectivity index (χ0n) is 12.0. The summed E-state index contributed by atoms with van der Waals surface area (Å²) in [5.41, 5.74) is 0.403. The number of nitro groups is 1. The van der Waals surface area contributed by atoms with Crippen LogP contribution < -0.4 is 10.6 Å². The first-order valence-electron chi connectivity index (χ1n) is 7.14. The molecule has 1 aromatic carbocycles. The maximum atomic E-state index is 12.2. The fraction of sp³-hybridized carbons (Fsp3) is 0.500. The molecule has 0 spiro atoms. The lowest BCUT2D eigenvalue weighted by molar-refractivity contribution is -0.384. The first-order chi connectivity index (χ1) is 10.1. The molecule has 2 rings (SSSR count). The molecular formula is C14H20N4O3. The van der Waals surface area contributed by atoms with Crippen molar-refractivity contribution in [2.75, 3.05) is 25.0 Å². The number of hydrogen-bond donors (Lipinski definition) is 2. The van der Waals surface area contributed by atoms with Crippen molar-refractivity contribution in [3.63, 3.8) is 0 Å². The average Bonchev–Trinajstić information content (AvgIpc) is 2.97. The van der Waals surface area contributed by atoms with Gasteiger partial charge in [-0.15, -0.1) is 0 Å². The third kappa shape index (κ3) is 4.16. The molecule has 0 saturated carbocycles. The van der Waals surface area contributed by atoms with Crippen LogP contribution in [-0.4, -0.2) is 41.5 Å². The van der Waals surface area contributed by atoms with Gasteiger partial charge in [0.1, 0.15) is 0 Å². The van der Waals surface area contributed by atoms with Crippen LogP contribution in [0.2, 0.25) is 0 Å². The molecular weight excluding hydrogens is 272 g/mol. The number of carbonyl (C=O) groups excluding carboxylic acids is 1. The van der Waals surface area contributed by atoms with Crippen LogP contribution in [-0.2, 0) is 0 Å². The summed E-state index contributed by atoms with van der Waals surface area (Å²) in [6.07, 6.45) is 2.20. The number of non-ortho nitro benzene ring substituents is 1. The molecule has 1 fully saturated rings. The van der Waals surface area contributed by atoms with Gasteiger partial charge in [0.25, 0.3) is 5.69 Å². The van der Waals surface area contributed by atoms with E-state index in [1.165, 1.54) is 12.1 Å². The minimum atomic E-state index is -0.476. The lowest BCUT2D eigenvalue weighted by Crippen LogP contribution is -2.43. The molecule has 1 aliphatic rings. The van der Waals surface area contributed by atoms with Crippen LogP contribution in [0.3, 0.4) is 0 Å². The van der Waals surface area contributed by atoms with Crippen LogP contribution >= 0.6 is 0 Å². The topological polar surface area (TPSA) is 87.5 Å². The summed E-state index contributed by atoms with van der Waals surface area (Å²) in [5, 5.41) is 16.8. The summed E-state index contributed by atoms with van der Waals surface area (Å²) in [6.45, 7) is 4.16. The van der Waals surface area contributed by atoms with Gasteiger partial charge in [-0.3, -0.25) is 10.1 Å². The maximum absolute atomic E-state index is 12.2. The van der Waals surface area contributed by atoms with E-state index in [9.17, 15) is 14.9 Å². The van der Waals surface area contributed by atoms with Crippen molar-refractivity contribution >= 4 is 17.4 Å². The Morgan fingerprint density at radius 3 is 3.00 bits per heavy atom. The third-order valence-electron chi connectivity index (χ3n) is 3.58. The second-order valence-electron chi connectivity index (χ2n) is 5.07. The number of nitro benzene ring substituents is 1. The number of anilines is 1. The fourth-order valence-electron chi connectivity index (χ4n) is 2.43. The Balaban J connectivity index is 1.98. The summed E-state index contributed by atoms with van der Waals surface area (Å²) in [7, 11) is 0. The summed E-state index contributed by atoms with van der Waals surface area (Å²) in [5.74, 6) is 0. The normalized spacial score (nSPS) is 17.5. The molecule has 0 radical (unpaired) electrons. The third-order valence-corrected chi connectivity index (χ3v) is 3.58. The fourth-order valence-corrected chi connectivity index (χ4v) is 2.43. The minimum Gasteiger partial charge on any atom is -0.323 e. The highest BCUT2D eigenvalue weighted by molar-refractivity contribution is 5.89. The van der Waals surface area contributed by atoms with Gasteiger partial charge in [-0.05, 0) is 32.4 Å². The Morgan fingerprint density at radius 2 is 2.38 bits per heavy atom. The molecule has 21 heavy (non-hydrogen) atoms. The standard InChI is InChI=1S/C14H20N4O3/c1-2-17(10-12-6-4-8-15-12)14(19)16-11-5-3-7-13(9-11)18(20)21/h3,5,7,9,12,15H,2,4,6,8,10H2,1H3,(H,16,19). The van der Waals surface area contributed by atoms with Crippen LogP contribution in [0.1, 0.15) is 19.8 Å². The molecule has 0 aromatic heterocycles. The van der Waals surface area contributed by atoms with Gasteiger partial charge < -0.3 is 15.5 Å². The molecule has 2 N–H and O–H groups in total. The number of likely N-dealkylation sites (N-methyl/N-ethyl adjacent to an activating group) is 1. The van der Waals surface area contributed by atoms with Crippen molar-refractivity contribution in [1.29, 1.82) is 0 Å². The van der Waals surface area contributed by atoms with E-state index in [2.05, 4.69) is 10.6 Å². The van der Waals surface area contributed by atoms with Crippen molar-refractivity contribution in [1.82, 2.24) is 10.2 Å². The van der Waals surface area contributed by atoms with Crippen LogP contribution in [0.5, 0.6) is 0 Å². The second kappa shape index (κ2) is 7.03. The van der Waals surface area contributed by atoms with Crippen molar-refractivity contribution in [3.05, 3.63) is 34.4 Å². The summed E-state index contributed by atoms with van der Waals surface area (Å²) >= 11 is 0. The van der Waals surface area contributed by atoms with Crippen molar-refractivity contribution < 1.29 is 9.72 Å². The van der Waals surface area contributed by atoms with E-state index in [0.29, 0.717) is 24.8 Å². The SMILES string of the molecule is CCN(CC1CCCN1)C(=O)Nc1cccc([N+](=O)[O-])c1. The van der Waals surface area contributed by atoms with E-state index >= 15 is 0 Å². The number of benzene rings is 1. The molecule has 1 unspecified atom stereocenters. The van der Waals surface area contributed by atoms with Crippen LogP contribution in [0.25, 0.3) is 0 Å².